The number of carbonyl (C=O) groups is 1. The normalized spacial score (nSPS) is 17.4. The van der Waals surface area contributed by atoms with Crippen LogP contribution in [0.3, 0.4) is 0 Å². The second-order valence-corrected chi connectivity index (χ2v) is 7.59. The van der Waals surface area contributed by atoms with Crippen LogP contribution in [-0.2, 0) is 10.2 Å². The Hall–Kier alpha value is -2.60. The number of benzene rings is 1. The number of pyridine rings is 1. The minimum absolute atomic E-state index is 0.0249. The first-order chi connectivity index (χ1) is 12.9. The van der Waals surface area contributed by atoms with Crippen LogP contribution >= 0.6 is 0 Å². The van der Waals surface area contributed by atoms with Crippen molar-refractivity contribution in [2.24, 2.45) is 0 Å². The molecule has 6 nitrogen and oxygen atoms in total. The predicted molar refractivity (Wildman–Crippen MR) is 106 cm³/mol. The van der Waals surface area contributed by atoms with Crippen LogP contribution in [0.5, 0.6) is 5.88 Å². The molecule has 3 rings (SSSR count). The van der Waals surface area contributed by atoms with E-state index in [1.165, 1.54) is 0 Å². The Morgan fingerprint density at radius 3 is 3.00 bits per heavy atom. The fraction of sp³-hybridized carbons (Fsp3) is 0.429. The SMILES string of the molecule is CC(CNCC1CNc2cccnc2O1)c1cccc(C(C)(C)C(=O)O)c1. The van der Waals surface area contributed by atoms with Crippen molar-refractivity contribution >= 4 is 11.7 Å². The minimum atomic E-state index is -0.898. The van der Waals surface area contributed by atoms with Gasteiger partial charge < -0.3 is 20.5 Å². The van der Waals surface area contributed by atoms with Crippen LogP contribution < -0.4 is 15.4 Å². The minimum Gasteiger partial charge on any atom is -0.481 e. The number of carboxylic acid groups (broad SMARTS) is 1. The number of hydrogen-bond donors (Lipinski definition) is 3. The molecule has 6 heteroatoms. The van der Waals surface area contributed by atoms with Crippen molar-refractivity contribution in [1.82, 2.24) is 10.3 Å². The molecular formula is C21H27N3O3. The number of nitrogens with zero attached hydrogens (tertiary/aromatic N) is 1. The molecule has 0 radical (unpaired) electrons. The van der Waals surface area contributed by atoms with Crippen molar-refractivity contribution in [3.63, 3.8) is 0 Å². The van der Waals surface area contributed by atoms with Crippen LogP contribution in [0.15, 0.2) is 42.6 Å². The summed E-state index contributed by atoms with van der Waals surface area (Å²) in [5.74, 6) is 0.0879. The largest absolute Gasteiger partial charge is 0.481 e. The molecule has 27 heavy (non-hydrogen) atoms. The first-order valence-corrected chi connectivity index (χ1v) is 9.28. The summed E-state index contributed by atoms with van der Waals surface area (Å²) in [5.41, 5.74) is 1.98. The summed E-state index contributed by atoms with van der Waals surface area (Å²) in [6, 6.07) is 11.7. The van der Waals surface area contributed by atoms with Crippen LogP contribution in [0.25, 0.3) is 0 Å². The fourth-order valence-electron chi connectivity index (χ4n) is 3.09. The molecule has 144 valence electrons. The summed E-state index contributed by atoms with van der Waals surface area (Å²) in [7, 11) is 0. The molecule has 0 spiro atoms. The highest BCUT2D eigenvalue weighted by atomic mass is 16.5. The summed E-state index contributed by atoms with van der Waals surface area (Å²) in [6.45, 7) is 7.84. The quantitative estimate of drug-likeness (QED) is 0.696. The van der Waals surface area contributed by atoms with Gasteiger partial charge in [0.15, 0.2) is 0 Å². The molecule has 0 saturated heterocycles. The van der Waals surface area contributed by atoms with Crippen molar-refractivity contribution in [2.75, 3.05) is 25.0 Å². The molecule has 3 N–H and O–H groups in total. The van der Waals surface area contributed by atoms with Crippen molar-refractivity contribution in [3.05, 3.63) is 53.7 Å². The van der Waals surface area contributed by atoms with E-state index in [-0.39, 0.29) is 12.0 Å². The predicted octanol–water partition coefficient (Wildman–Crippen LogP) is 3.01. The van der Waals surface area contributed by atoms with E-state index in [9.17, 15) is 9.90 Å². The zero-order valence-electron chi connectivity index (χ0n) is 16.0. The third-order valence-electron chi connectivity index (χ3n) is 5.10. The third kappa shape index (κ3) is 4.39. The zero-order valence-corrected chi connectivity index (χ0v) is 16.0. The number of rotatable bonds is 7. The van der Waals surface area contributed by atoms with Gasteiger partial charge in [-0.3, -0.25) is 4.79 Å². The van der Waals surface area contributed by atoms with Crippen molar-refractivity contribution < 1.29 is 14.6 Å². The third-order valence-corrected chi connectivity index (χ3v) is 5.10. The van der Waals surface area contributed by atoms with Gasteiger partial charge in [-0.1, -0.05) is 31.2 Å². The Labute approximate surface area is 160 Å². The monoisotopic (exact) mass is 369 g/mol. The molecule has 1 aliphatic rings. The van der Waals surface area contributed by atoms with Crippen LogP contribution in [0.4, 0.5) is 5.69 Å². The van der Waals surface area contributed by atoms with E-state index in [1.807, 2.05) is 36.4 Å². The van der Waals surface area contributed by atoms with E-state index in [0.29, 0.717) is 12.4 Å². The standard InChI is InChI=1S/C21H27N3O3/c1-14(15-6-4-7-16(10-15)21(2,3)20(25)26)11-22-12-17-13-24-18-8-5-9-23-19(18)27-17/h4-10,14,17,22,24H,11-13H2,1-3H3,(H,25,26). The van der Waals surface area contributed by atoms with Crippen LogP contribution in [0.2, 0.25) is 0 Å². The Morgan fingerprint density at radius 1 is 1.41 bits per heavy atom. The van der Waals surface area contributed by atoms with Crippen LogP contribution in [0, 0.1) is 0 Å². The lowest BCUT2D eigenvalue weighted by Crippen LogP contribution is -2.40. The van der Waals surface area contributed by atoms with E-state index in [1.54, 1.807) is 20.0 Å². The maximum Gasteiger partial charge on any atom is 0.313 e. The second-order valence-electron chi connectivity index (χ2n) is 7.59. The van der Waals surface area contributed by atoms with Gasteiger partial charge in [0.25, 0.3) is 0 Å². The molecule has 0 fully saturated rings. The maximum absolute atomic E-state index is 11.5. The summed E-state index contributed by atoms with van der Waals surface area (Å²) in [6.07, 6.45) is 1.75. The van der Waals surface area contributed by atoms with Gasteiger partial charge in [0, 0.05) is 19.3 Å². The van der Waals surface area contributed by atoms with E-state index < -0.39 is 11.4 Å². The number of carboxylic acids is 1. The molecular weight excluding hydrogens is 342 g/mol. The first kappa shape index (κ1) is 19.2. The second kappa shape index (κ2) is 7.96. The molecule has 1 aromatic heterocycles. The molecule has 2 heterocycles. The number of aromatic nitrogens is 1. The summed E-state index contributed by atoms with van der Waals surface area (Å²) in [5, 5.41) is 16.2. The highest BCUT2D eigenvalue weighted by Gasteiger charge is 2.29. The lowest BCUT2D eigenvalue weighted by Gasteiger charge is -2.27. The van der Waals surface area contributed by atoms with Gasteiger partial charge >= 0.3 is 5.97 Å². The highest BCUT2D eigenvalue weighted by Crippen LogP contribution is 2.27. The number of anilines is 1. The van der Waals surface area contributed by atoms with E-state index in [0.717, 1.165) is 29.9 Å². The Balaban J connectivity index is 1.54. The number of aliphatic carboxylic acids is 1. The van der Waals surface area contributed by atoms with Gasteiger partial charge in [0.05, 0.1) is 17.6 Å². The number of hydrogen-bond acceptors (Lipinski definition) is 5. The molecule has 1 aromatic carbocycles. The van der Waals surface area contributed by atoms with E-state index in [4.69, 9.17) is 4.74 Å². The van der Waals surface area contributed by atoms with Crippen molar-refractivity contribution in [2.45, 2.75) is 38.2 Å². The lowest BCUT2D eigenvalue weighted by molar-refractivity contribution is -0.142. The average Bonchev–Trinajstić information content (AvgIpc) is 2.67. The smallest absolute Gasteiger partial charge is 0.313 e. The fourth-order valence-corrected chi connectivity index (χ4v) is 3.09. The molecule has 2 atom stereocenters. The first-order valence-electron chi connectivity index (χ1n) is 9.28. The molecule has 0 aliphatic carbocycles. The van der Waals surface area contributed by atoms with Crippen molar-refractivity contribution in [3.8, 4) is 5.88 Å². The van der Waals surface area contributed by atoms with Crippen LogP contribution in [-0.4, -0.2) is 41.8 Å². The van der Waals surface area contributed by atoms with Gasteiger partial charge in [-0.2, -0.15) is 0 Å². The van der Waals surface area contributed by atoms with Gasteiger partial charge in [-0.05, 0) is 43.0 Å². The molecule has 0 saturated carbocycles. The Morgan fingerprint density at radius 2 is 2.22 bits per heavy atom. The molecule has 0 amide bonds. The van der Waals surface area contributed by atoms with Gasteiger partial charge in [0.2, 0.25) is 5.88 Å². The molecule has 1 aliphatic heterocycles. The van der Waals surface area contributed by atoms with Gasteiger partial charge in [-0.25, -0.2) is 4.98 Å². The van der Waals surface area contributed by atoms with Gasteiger partial charge in [0.1, 0.15) is 6.10 Å². The maximum atomic E-state index is 11.5. The zero-order chi connectivity index (χ0) is 19.4. The summed E-state index contributed by atoms with van der Waals surface area (Å²) in [4.78, 5) is 15.7. The number of nitrogens with one attached hydrogen (secondary N) is 2. The summed E-state index contributed by atoms with van der Waals surface area (Å²) < 4.78 is 5.91. The average molecular weight is 369 g/mol. The summed E-state index contributed by atoms with van der Waals surface area (Å²) >= 11 is 0. The van der Waals surface area contributed by atoms with Crippen LogP contribution in [0.1, 0.15) is 37.8 Å². The van der Waals surface area contributed by atoms with E-state index in [2.05, 4.69) is 22.5 Å². The molecule has 0 bridgehead atoms. The van der Waals surface area contributed by atoms with Crippen molar-refractivity contribution in [1.29, 1.82) is 0 Å². The topological polar surface area (TPSA) is 83.5 Å². The number of ether oxygens (including phenoxy) is 1. The lowest BCUT2D eigenvalue weighted by atomic mass is 9.83. The Bertz CT molecular complexity index is 807. The molecule has 2 unspecified atom stereocenters. The van der Waals surface area contributed by atoms with E-state index >= 15 is 0 Å². The highest BCUT2D eigenvalue weighted by molar-refractivity contribution is 5.80. The van der Waals surface area contributed by atoms with Gasteiger partial charge in [-0.15, -0.1) is 0 Å². The Kier molecular flexibility index (Phi) is 5.65. The number of fused-ring (bicyclic) bond motifs is 1. The molecule has 2 aromatic rings.